The molecule has 1 aromatic carbocycles. The van der Waals surface area contributed by atoms with Crippen molar-refractivity contribution in [3.05, 3.63) is 45.6 Å². The van der Waals surface area contributed by atoms with Gasteiger partial charge in [0.15, 0.2) is 0 Å². The highest BCUT2D eigenvalue weighted by atomic mass is 16.6. The number of nitrogens with one attached hydrogen (secondary N) is 1. The Morgan fingerprint density at radius 1 is 1.43 bits per heavy atom. The van der Waals surface area contributed by atoms with Crippen LogP contribution in [0.3, 0.4) is 0 Å². The van der Waals surface area contributed by atoms with E-state index in [2.05, 4.69) is 10.3 Å². The van der Waals surface area contributed by atoms with Gasteiger partial charge in [-0.2, -0.15) is 5.26 Å². The number of nitro groups is 1. The van der Waals surface area contributed by atoms with Gasteiger partial charge in [-0.3, -0.25) is 9.36 Å². The molecular formula is C13H11N5O3. The molecule has 0 saturated heterocycles. The lowest BCUT2D eigenvalue weighted by Crippen LogP contribution is -2.17. The minimum atomic E-state index is -0.694. The van der Waals surface area contributed by atoms with Crippen LogP contribution in [0.25, 0.3) is 11.4 Å². The molecule has 0 aliphatic heterocycles. The van der Waals surface area contributed by atoms with E-state index in [1.807, 2.05) is 0 Å². The molecule has 0 spiro atoms. The zero-order valence-electron chi connectivity index (χ0n) is 11.3. The molecule has 0 saturated carbocycles. The fraction of sp³-hybridized carbons (Fsp3) is 0.154. The smallest absolute Gasteiger partial charge is 0.358 e. The van der Waals surface area contributed by atoms with E-state index >= 15 is 0 Å². The second-order valence-electron chi connectivity index (χ2n) is 4.19. The van der Waals surface area contributed by atoms with Crippen LogP contribution in [-0.2, 0) is 7.05 Å². The lowest BCUT2D eigenvalue weighted by atomic mass is 10.1. The summed E-state index contributed by atoms with van der Waals surface area (Å²) in [7, 11) is 3.05. The lowest BCUT2D eigenvalue weighted by Gasteiger charge is -2.01. The summed E-state index contributed by atoms with van der Waals surface area (Å²) in [6.07, 6.45) is 0. The first-order valence-corrected chi connectivity index (χ1v) is 5.93. The maximum Gasteiger partial charge on any atom is 0.400 e. The number of hydrogen-bond donors (Lipinski definition) is 1. The second-order valence-corrected chi connectivity index (χ2v) is 4.19. The SMILES string of the molecule is CNC(=O)c1ccc(-c2nc([N+](=O)[O-])c(C#N)n2C)cc1. The monoisotopic (exact) mass is 285 g/mol. The van der Waals surface area contributed by atoms with Crippen molar-refractivity contribution in [2.45, 2.75) is 0 Å². The molecule has 8 heteroatoms. The largest absolute Gasteiger partial charge is 0.400 e. The van der Waals surface area contributed by atoms with Crippen LogP contribution in [0.4, 0.5) is 5.82 Å². The summed E-state index contributed by atoms with van der Waals surface area (Å²) in [4.78, 5) is 25.5. The number of amides is 1. The molecule has 1 aromatic heterocycles. The van der Waals surface area contributed by atoms with E-state index in [1.54, 1.807) is 30.3 Å². The fourth-order valence-corrected chi connectivity index (χ4v) is 1.91. The maximum absolute atomic E-state index is 11.5. The van der Waals surface area contributed by atoms with Crippen LogP contribution >= 0.6 is 0 Å². The Balaban J connectivity index is 2.50. The highest BCUT2D eigenvalue weighted by Crippen LogP contribution is 2.25. The number of benzene rings is 1. The number of rotatable bonds is 3. The van der Waals surface area contributed by atoms with E-state index in [4.69, 9.17) is 5.26 Å². The van der Waals surface area contributed by atoms with Crippen molar-refractivity contribution in [1.82, 2.24) is 14.9 Å². The molecule has 0 radical (unpaired) electrons. The first-order valence-electron chi connectivity index (χ1n) is 5.93. The van der Waals surface area contributed by atoms with E-state index in [9.17, 15) is 14.9 Å². The van der Waals surface area contributed by atoms with Crippen molar-refractivity contribution in [1.29, 1.82) is 5.26 Å². The fourth-order valence-electron chi connectivity index (χ4n) is 1.91. The Morgan fingerprint density at radius 3 is 2.48 bits per heavy atom. The molecule has 21 heavy (non-hydrogen) atoms. The molecule has 1 N–H and O–H groups in total. The van der Waals surface area contributed by atoms with Crippen LogP contribution in [0.5, 0.6) is 0 Å². The molecule has 106 valence electrons. The highest BCUT2D eigenvalue weighted by Gasteiger charge is 2.26. The number of nitriles is 1. The summed E-state index contributed by atoms with van der Waals surface area (Å²) in [6.45, 7) is 0. The zero-order valence-corrected chi connectivity index (χ0v) is 11.3. The minimum absolute atomic E-state index is 0.120. The normalized spacial score (nSPS) is 9.95. The molecule has 0 aliphatic carbocycles. The van der Waals surface area contributed by atoms with Gasteiger partial charge in [0.25, 0.3) is 11.7 Å². The number of aromatic nitrogens is 2. The topological polar surface area (TPSA) is 114 Å². The number of hydrogen-bond acceptors (Lipinski definition) is 5. The maximum atomic E-state index is 11.5. The molecule has 1 heterocycles. The lowest BCUT2D eigenvalue weighted by molar-refractivity contribution is -0.389. The van der Waals surface area contributed by atoms with Gasteiger partial charge in [0.1, 0.15) is 6.07 Å². The molecule has 1 amide bonds. The predicted octanol–water partition coefficient (Wildman–Crippen LogP) is 1.23. The van der Waals surface area contributed by atoms with Crippen LogP contribution in [0.15, 0.2) is 24.3 Å². The van der Waals surface area contributed by atoms with E-state index < -0.39 is 10.7 Å². The third-order valence-corrected chi connectivity index (χ3v) is 2.99. The summed E-state index contributed by atoms with van der Waals surface area (Å²) in [5.41, 5.74) is 0.922. The summed E-state index contributed by atoms with van der Waals surface area (Å²) in [5, 5.41) is 22.4. The molecule has 0 unspecified atom stereocenters. The van der Waals surface area contributed by atoms with Crippen LogP contribution in [0, 0.1) is 21.4 Å². The minimum Gasteiger partial charge on any atom is -0.358 e. The van der Waals surface area contributed by atoms with Crippen molar-refractivity contribution < 1.29 is 9.72 Å². The molecule has 2 aromatic rings. The highest BCUT2D eigenvalue weighted by molar-refractivity contribution is 5.94. The summed E-state index contributed by atoms with van der Waals surface area (Å²) < 4.78 is 1.35. The predicted molar refractivity (Wildman–Crippen MR) is 73.4 cm³/mol. The third kappa shape index (κ3) is 2.44. The average molecular weight is 285 g/mol. The second kappa shape index (κ2) is 5.42. The summed E-state index contributed by atoms with van der Waals surface area (Å²) >= 11 is 0. The van der Waals surface area contributed by atoms with Crippen LogP contribution < -0.4 is 5.32 Å². The molecule has 2 rings (SSSR count). The quantitative estimate of drug-likeness (QED) is 0.672. The van der Waals surface area contributed by atoms with Crippen LogP contribution in [0.1, 0.15) is 16.1 Å². The van der Waals surface area contributed by atoms with Crippen molar-refractivity contribution in [2.24, 2.45) is 7.05 Å². The molecule has 0 atom stereocenters. The van der Waals surface area contributed by atoms with Crippen LogP contribution in [0.2, 0.25) is 0 Å². The molecule has 0 aliphatic rings. The van der Waals surface area contributed by atoms with E-state index in [0.717, 1.165) is 0 Å². The summed E-state index contributed by atoms with van der Waals surface area (Å²) in [6, 6.07) is 8.18. The van der Waals surface area contributed by atoms with Crippen molar-refractivity contribution in [3.63, 3.8) is 0 Å². The van der Waals surface area contributed by atoms with E-state index in [1.165, 1.54) is 18.7 Å². The number of imidazole rings is 1. The van der Waals surface area contributed by atoms with Gasteiger partial charge in [0.05, 0.1) is 0 Å². The number of carbonyl (C=O) groups is 1. The standard InChI is InChI=1S/C13H11N5O3/c1-15-13(19)9-5-3-8(4-6-9)11-16-12(18(20)21)10(7-14)17(11)2/h3-6H,1-2H3,(H,15,19). The Hall–Kier alpha value is -3.21. The van der Waals surface area contributed by atoms with Gasteiger partial charge >= 0.3 is 5.82 Å². The first-order chi connectivity index (χ1) is 9.99. The molecular weight excluding hydrogens is 274 g/mol. The van der Waals surface area contributed by atoms with Crippen molar-refractivity contribution in [2.75, 3.05) is 7.05 Å². The van der Waals surface area contributed by atoms with Gasteiger partial charge in [-0.05, 0) is 34.2 Å². The van der Waals surface area contributed by atoms with Gasteiger partial charge in [-0.25, -0.2) is 0 Å². The van der Waals surface area contributed by atoms with Crippen LogP contribution in [-0.4, -0.2) is 27.4 Å². The molecule has 8 nitrogen and oxygen atoms in total. The van der Waals surface area contributed by atoms with Crippen molar-refractivity contribution in [3.8, 4) is 17.5 Å². The van der Waals surface area contributed by atoms with Gasteiger partial charge in [-0.1, -0.05) is 0 Å². The Kier molecular flexibility index (Phi) is 3.67. The number of nitrogens with zero attached hydrogens (tertiary/aromatic N) is 4. The van der Waals surface area contributed by atoms with Crippen molar-refractivity contribution >= 4 is 11.7 Å². The Labute approximate surface area is 119 Å². The van der Waals surface area contributed by atoms with Gasteiger partial charge in [0.2, 0.25) is 5.69 Å². The van der Waals surface area contributed by atoms with Gasteiger partial charge in [-0.15, -0.1) is 0 Å². The Bertz CT molecular complexity index is 755. The van der Waals surface area contributed by atoms with Gasteiger partial charge in [0, 0.05) is 25.2 Å². The average Bonchev–Trinajstić information content (AvgIpc) is 2.83. The van der Waals surface area contributed by atoms with Gasteiger partial charge < -0.3 is 15.4 Å². The van der Waals surface area contributed by atoms with E-state index in [-0.39, 0.29) is 11.6 Å². The molecule has 0 bridgehead atoms. The third-order valence-electron chi connectivity index (χ3n) is 2.99. The first kappa shape index (κ1) is 14.2. The molecule has 0 fully saturated rings. The van der Waals surface area contributed by atoms with E-state index in [0.29, 0.717) is 17.0 Å². The number of carbonyl (C=O) groups excluding carboxylic acids is 1. The Morgan fingerprint density at radius 2 is 2.05 bits per heavy atom. The zero-order chi connectivity index (χ0) is 15.6. The summed E-state index contributed by atoms with van der Waals surface area (Å²) in [5.74, 6) is -0.419.